The average molecular weight is 635 g/mol. The van der Waals surface area contributed by atoms with Crippen molar-refractivity contribution in [1.29, 1.82) is 0 Å². The van der Waals surface area contributed by atoms with Gasteiger partial charge in [0, 0.05) is 12.1 Å². The first-order chi connectivity index (χ1) is 17.5. The molecule has 204 valence electrons. The molecule has 0 radical (unpaired) electrons. The molecule has 2 aliphatic rings. The number of hydrogen-bond donors (Lipinski definition) is 4. The van der Waals surface area contributed by atoms with Gasteiger partial charge in [0.2, 0.25) is 0 Å². The minimum atomic E-state index is -1.73. The number of carboxylic acid groups (broad SMARTS) is 2. The number of oxime groups is 1. The summed E-state index contributed by atoms with van der Waals surface area (Å²) in [6, 6.07) is 4.46. The first-order valence-electron chi connectivity index (χ1n) is 10.9. The van der Waals surface area contributed by atoms with Crippen LogP contribution in [0.2, 0.25) is 0 Å². The molecule has 39 heavy (non-hydrogen) atoms. The van der Waals surface area contributed by atoms with Crippen LogP contribution in [0.5, 0.6) is 0 Å². The Morgan fingerprint density at radius 1 is 1.33 bits per heavy atom. The van der Waals surface area contributed by atoms with Crippen LogP contribution < -0.4 is 45.2 Å². The predicted octanol–water partition coefficient (Wildman–Crippen LogP) is -4.03. The van der Waals surface area contributed by atoms with Gasteiger partial charge in [0.1, 0.15) is 0 Å². The van der Waals surface area contributed by atoms with Crippen LogP contribution in [-0.2, 0) is 30.6 Å². The fraction of sp³-hybridized carbons (Fsp3) is 0.318. The Hall–Kier alpha value is -2.72. The number of nitrogens with one attached hydrogen (secondary N) is 1. The number of pyridine rings is 1. The van der Waals surface area contributed by atoms with Crippen LogP contribution in [0.15, 0.2) is 52.0 Å². The van der Waals surface area contributed by atoms with E-state index >= 15 is 0 Å². The molecule has 2 aromatic heterocycles. The van der Waals surface area contributed by atoms with Crippen LogP contribution >= 0.6 is 11.8 Å². The van der Waals surface area contributed by atoms with Crippen molar-refractivity contribution in [3.8, 4) is 0 Å². The minimum absolute atomic E-state index is 0. The molecule has 2 amide bonds. The summed E-state index contributed by atoms with van der Waals surface area (Å²) in [5, 5.41) is 24.8. The fourth-order valence-electron chi connectivity index (χ4n) is 3.57. The van der Waals surface area contributed by atoms with E-state index in [2.05, 4.69) is 15.5 Å². The van der Waals surface area contributed by atoms with Gasteiger partial charge in [-0.15, -0.1) is 0 Å². The van der Waals surface area contributed by atoms with Crippen LogP contribution in [0, 0.1) is 0 Å². The number of anilines is 1. The summed E-state index contributed by atoms with van der Waals surface area (Å²) in [5.74, 6) is -3.60. The van der Waals surface area contributed by atoms with Crippen molar-refractivity contribution in [1.82, 2.24) is 15.2 Å². The minimum Gasteiger partial charge on any atom is -1.00 e. The zero-order valence-electron chi connectivity index (χ0n) is 22.1. The predicted molar refractivity (Wildman–Crippen MR) is 134 cm³/mol. The molecular weight excluding hydrogens is 610 g/mol. The van der Waals surface area contributed by atoms with Crippen LogP contribution in [0.25, 0.3) is 0 Å². The Morgan fingerprint density at radius 2 is 2.00 bits per heavy atom. The van der Waals surface area contributed by atoms with Crippen molar-refractivity contribution in [2.24, 2.45) is 5.16 Å². The molecule has 0 saturated carbocycles. The number of rotatable bonds is 9. The van der Waals surface area contributed by atoms with Crippen LogP contribution in [0.1, 0.15) is 21.0 Å². The van der Waals surface area contributed by atoms with Crippen LogP contribution in [-0.4, -0.2) is 92.3 Å². The topological polar surface area (TPSA) is 218 Å². The molecule has 0 unspecified atom stereocenters. The number of nitrogens with two attached hydrogens (primary N) is 1. The van der Waals surface area contributed by atoms with E-state index in [0.717, 1.165) is 0 Å². The van der Waals surface area contributed by atoms with Gasteiger partial charge in [0.05, 0.1) is 0 Å². The Morgan fingerprint density at radius 3 is 2.56 bits per heavy atom. The third-order valence-electron chi connectivity index (χ3n) is 5.55. The SMILES string of the molecule is CC(C)(O/N=C(\C(=O)N[C@@H]1C(=O)N2C(C(=O)O)=C(C[n+]3ccccc3)CS[C@H]12)c1c[se]c(N)n1)C(=O)O.[H-].[Na+].[OH-]. The monoisotopic (exact) mass is 636 g/mol. The van der Waals surface area contributed by atoms with Gasteiger partial charge in [-0.3, -0.25) is 0 Å². The van der Waals surface area contributed by atoms with E-state index in [1.165, 1.54) is 30.5 Å². The van der Waals surface area contributed by atoms with Gasteiger partial charge >= 0.3 is 220 Å². The maximum atomic E-state index is 13.1. The third kappa shape index (κ3) is 6.89. The van der Waals surface area contributed by atoms with Gasteiger partial charge in [-0.25, -0.2) is 0 Å². The van der Waals surface area contributed by atoms with Crippen LogP contribution in [0.3, 0.4) is 0 Å². The Bertz CT molecular complexity index is 1340. The number of carboxylic acids is 2. The van der Waals surface area contributed by atoms with E-state index in [1.807, 2.05) is 22.8 Å². The van der Waals surface area contributed by atoms with Crippen molar-refractivity contribution in [2.75, 3.05) is 11.5 Å². The second-order valence-electron chi connectivity index (χ2n) is 8.58. The van der Waals surface area contributed by atoms with Gasteiger partial charge in [-0.05, 0) is 0 Å². The largest absolute Gasteiger partial charge is 1.00 e. The molecule has 1 fully saturated rings. The molecule has 4 rings (SSSR count). The van der Waals surface area contributed by atoms with Gasteiger partial charge in [0.15, 0.2) is 12.4 Å². The van der Waals surface area contributed by atoms with Crippen molar-refractivity contribution < 1.29 is 75.3 Å². The molecule has 2 aromatic rings. The molecule has 6 N–H and O–H groups in total. The summed E-state index contributed by atoms with van der Waals surface area (Å²) in [5.41, 5.74) is 4.23. The second kappa shape index (κ2) is 13.1. The smallest absolute Gasteiger partial charge is 1.00 e. The molecule has 4 heterocycles. The maximum absolute atomic E-state index is 13.1. The number of fused-ring (bicyclic) bond motifs is 1. The van der Waals surface area contributed by atoms with Crippen LogP contribution in [0.4, 0.5) is 4.69 Å². The Kier molecular flexibility index (Phi) is 10.9. The third-order valence-corrected chi connectivity index (χ3v) is 8.30. The summed E-state index contributed by atoms with van der Waals surface area (Å²) >= 11 is 1.01. The summed E-state index contributed by atoms with van der Waals surface area (Å²) in [6.45, 7) is 2.82. The second-order valence-corrected chi connectivity index (χ2v) is 11.6. The van der Waals surface area contributed by atoms with Gasteiger partial charge in [-0.1, -0.05) is 6.07 Å². The van der Waals surface area contributed by atoms with Crippen molar-refractivity contribution in [3.05, 3.63) is 52.5 Å². The summed E-state index contributed by atoms with van der Waals surface area (Å²) in [6.07, 6.45) is 3.60. The molecule has 0 aliphatic carbocycles. The van der Waals surface area contributed by atoms with Crippen molar-refractivity contribution in [3.63, 3.8) is 0 Å². The molecule has 17 heteroatoms. The van der Waals surface area contributed by atoms with E-state index in [9.17, 15) is 29.4 Å². The Balaban J connectivity index is 0.00000267. The number of hydrogen-bond acceptors (Lipinski definition) is 10. The number of amides is 2. The molecule has 2 atom stereocenters. The van der Waals surface area contributed by atoms with Crippen molar-refractivity contribution in [2.45, 2.75) is 37.4 Å². The summed E-state index contributed by atoms with van der Waals surface area (Å²) in [7, 11) is 0. The molecule has 1 saturated heterocycles. The Labute approximate surface area is 256 Å². The summed E-state index contributed by atoms with van der Waals surface area (Å²) < 4.78 is 2.10. The van der Waals surface area contributed by atoms with E-state index in [4.69, 9.17) is 10.6 Å². The van der Waals surface area contributed by atoms with Gasteiger partial charge in [-0.2, -0.15) is 0 Å². The fourth-order valence-corrected chi connectivity index (χ4v) is 6.06. The number of carbonyl (C=O) groups excluding carboxylic acids is 2. The molecule has 2 aliphatic heterocycles. The molecule has 14 nitrogen and oxygen atoms in total. The normalized spacial score (nSPS) is 18.7. The molecule has 0 spiro atoms. The molecular formula is C22H25N6NaO8SSe. The first kappa shape index (κ1) is 32.5. The number of aromatic nitrogens is 2. The summed E-state index contributed by atoms with van der Waals surface area (Å²) in [4.78, 5) is 61.6. The number of aliphatic carboxylic acids is 2. The van der Waals surface area contributed by atoms with E-state index in [1.54, 1.807) is 17.3 Å². The number of nitrogens with zero attached hydrogens (tertiary/aromatic N) is 4. The van der Waals surface area contributed by atoms with E-state index < -0.39 is 40.8 Å². The first-order valence-corrected chi connectivity index (χ1v) is 13.7. The van der Waals surface area contributed by atoms with E-state index in [0.29, 0.717) is 17.9 Å². The number of β-lactam (4-membered cyclic amide) rings is 1. The zero-order valence-corrected chi connectivity index (χ0v) is 25.6. The van der Waals surface area contributed by atoms with E-state index in [-0.39, 0.29) is 72.8 Å². The number of carbonyl (C=O) groups is 4. The standard InChI is InChI=1S/C22H22N6O7SSe.Na.H2O.H/c1-22(2,20(33)34)35-26-13(12-10-37-21(23)24-12)16(29)25-14-17(30)28-15(19(31)32)11(9-36-18(14)28)8-27-6-4-3-5-7-27;;;/h3-7,10,14,18H,8-9H2,1-2H3,(H4-,23,24,25,29,31,32,33,34);;1H2;/q;+1;;-1/b26-13-;;;/t14-,18-;;;/m1.../s1. The van der Waals surface area contributed by atoms with Gasteiger partial charge in [0.25, 0.3) is 0 Å². The maximum Gasteiger partial charge on any atom is 1.00 e. The molecule has 0 bridgehead atoms. The number of thioether (sulfide) groups is 1. The van der Waals surface area contributed by atoms with Gasteiger partial charge < -0.3 is 6.90 Å². The number of nitrogen functional groups attached to an aromatic ring is 1. The quantitative estimate of drug-likeness (QED) is 0.0684. The van der Waals surface area contributed by atoms with Crippen molar-refractivity contribution >= 4 is 60.4 Å². The average Bonchev–Trinajstić information content (AvgIpc) is 3.28. The molecule has 0 aromatic carbocycles. The zero-order chi connectivity index (χ0) is 26.9.